The Bertz CT molecular complexity index is 1120. The molecule has 1 aliphatic heterocycles. The zero-order chi connectivity index (χ0) is 23.4. The number of rotatable bonds is 8. The van der Waals surface area contributed by atoms with E-state index in [0.29, 0.717) is 37.4 Å². The number of aliphatic hydroxyl groups is 1. The third kappa shape index (κ3) is 5.40. The van der Waals surface area contributed by atoms with Gasteiger partial charge in [0.25, 0.3) is 5.91 Å². The van der Waals surface area contributed by atoms with E-state index in [1.54, 1.807) is 36.5 Å². The number of hydrogen-bond donors (Lipinski definition) is 1. The van der Waals surface area contributed by atoms with E-state index in [-0.39, 0.29) is 12.5 Å². The molecule has 3 heterocycles. The van der Waals surface area contributed by atoms with Gasteiger partial charge in [-0.3, -0.25) is 14.8 Å². The molecular formula is C25H31N5O3. The molecule has 0 spiro atoms. The number of anilines is 1. The number of benzene rings is 1. The van der Waals surface area contributed by atoms with Crippen LogP contribution in [0.2, 0.25) is 0 Å². The number of hydrogen-bond acceptors (Lipinski definition) is 7. The van der Waals surface area contributed by atoms with Gasteiger partial charge in [0.2, 0.25) is 0 Å². The second kappa shape index (κ2) is 9.72. The Labute approximate surface area is 194 Å². The molecule has 8 nitrogen and oxygen atoms in total. The fourth-order valence-corrected chi connectivity index (χ4v) is 4.21. The molecule has 0 radical (unpaired) electrons. The maximum Gasteiger partial charge on any atom is 0.253 e. The topological polar surface area (TPSA) is 82.0 Å². The molecule has 4 rings (SSSR count). The van der Waals surface area contributed by atoms with Crippen molar-refractivity contribution in [2.75, 3.05) is 58.8 Å². The van der Waals surface area contributed by atoms with Crippen LogP contribution < -0.4 is 9.64 Å². The minimum absolute atomic E-state index is 0.143. The SMILES string of the molecule is CN(C)CCOc1cccc(C(=O)N(C)C[C@@]2(O)CCN(c3ccnc4cccnc34)C2)c1. The number of nitrogens with zero attached hydrogens (tertiary/aromatic N) is 5. The predicted octanol–water partition coefficient (Wildman–Crippen LogP) is 2.28. The van der Waals surface area contributed by atoms with Gasteiger partial charge in [-0.05, 0) is 56.9 Å². The molecular weight excluding hydrogens is 418 g/mol. The van der Waals surface area contributed by atoms with Gasteiger partial charge in [0.1, 0.15) is 23.5 Å². The molecule has 8 heteroatoms. The lowest BCUT2D eigenvalue weighted by molar-refractivity contribution is 0.0264. The molecule has 0 saturated carbocycles. The molecule has 1 atom stereocenters. The number of carbonyl (C=O) groups is 1. The van der Waals surface area contributed by atoms with Crippen LogP contribution in [0.1, 0.15) is 16.8 Å². The van der Waals surface area contributed by atoms with Crippen LogP contribution in [0.3, 0.4) is 0 Å². The predicted molar refractivity (Wildman–Crippen MR) is 129 cm³/mol. The summed E-state index contributed by atoms with van der Waals surface area (Å²) < 4.78 is 5.76. The molecule has 0 aliphatic carbocycles. The van der Waals surface area contributed by atoms with Crippen LogP contribution in [0.4, 0.5) is 5.69 Å². The minimum atomic E-state index is -1.01. The van der Waals surface area contributed by atoms with Gasteiger partial charge in [0.15, 0.2) is 0 Å². The van der Waals surface area contributed by atoms with Crippen LogP contribution in [-0.2, 0) is 0 Å². The minimum Gasteiger partial charge on any atom is -0.492 e. The summed E-state index contributed by atoms with van der Waals surface area (Å²) in [6.45, 7) is 2.69. The number of pyridine rings is 2. The first-order chi connectivity index (χ1) is 15.8. The number of amides is 1. The standard InChI is InChI=1S/C25H31N5O3/c1-28(2)14-15-33-20-7-4-6-19(16-20)24(31)29(3)17-25(32)10-13-30(18-25)22-9-12-26-21-8-5-11-27-23(21)22/h4-9,11-12,16,32H,10,13-15,17-18H2,1-3H3/t25-/m0/s1. The Morgan fingerprint density at radius 3 is 2.82 bits per heavy atom. The summed E-state index contributed by atoms with van der Waals surface area (Å²) in [5, 5.41) is 11.3. The van der Waals surface area contributed by atoms with Crippen molar-refractivity contribution in [2.24, 2.45) is 0 Å². The summed E-state index contributed by atoms with van der Waals surface area (Å²) in [4.78, 5) is 27.7. The first-order valence-corrected chi connectivity index (χ1v) is 11.1. The Kier molecular flexibility index (Phi) is 6.76. The summed E-state index contributed by atoms with van der Waals surface area (Å²) >= 11 is 0. The summed E-state index contributed by atoms with van der Waals surface area (Å²) in [5.74, 6) is 0.523. The molecule has 2 aromatic heterocycles. The van der Waals surface area contributed by atoms with Crippen molar-refractivity contribution in [1.82, 2.24) is 19.8 Å². The van der Waals surface area contributed by atoms with Gasteiger partial charge in [-0.2, -0.15) is 0 Å². The van der Waals surface area contributed by atoms with Gasteiger partial charge in [0.05, 0.1) is 17.7 Å². The Morgan fingerprint density at radius 2 is 2.00 bits per heavy atom. The van der Waals surface area contributed by atoms with Crippen molar-refractivity contribution in [1.29, 1.82) is 0 Å². The van der Waals surface area contributed by atoms with Gasteiger partial charge in [0, 0.05) is 44.6 Å². The summed E-state index contributed by atoms with van der Waals surface area (Å²) in [5.41, 5.74) is 2.13. The van der Waals surface area contributed by atoms with Crippen LogP contribution in [0.15, 0.2) is 54.9 Å². The van der Waals surface area contributed by atoms with Crippen molar-refractivity contribution >= 4 is 22.6 Å². The fraction of sp³-hybridized carbons (Fsp3) is 0.400. The van der Waals surface area contributed by atoms with Gasteiger partial charge in [-0.15, -0.1) is 0 Å². The fourth-order valence-electron chi connectivity index (χ4n) is 4.21. The molecule has 0 unspecified atom stereocenters. The molecule has 1 amide bonds. The zero-order valence-corrected chi connectivity index (χ0v) is 19.4. The second-order valence-corrected chi connectivity index (χ2v) is 8.94. The normalized spacial score (nSPS) is 18.2. The number of fused-ring (bicyclic) bond motifs is 1. The van der Waals surface area contributed by atoms with Crippen LogP contribution in [0.25, 0.3) is 11.0 Å². The third-order valence-electron chi connectivity index (χ3n) is 5.91. The van der Waals surface area contributed by atoms with Crippen molar-refractivity contribution in [3.05, 3.63) is 60.4 Å². The van der Waals surface area contributed by atoms with E-state index >= 15 is 0 Å². The maximum absolute atomic E-state index is 13.1. The van der Waals surface area contributed by atoms with Crippen LogP contribution in [0.5, 0.6) is 5.75 Å². The summed E-state index contributed by atoms with van der Waals surface area (Å²) in [7, 11) is 5.70. The quantitative estimate of drug-likeness (QED) is 0.565. The van der Waals surface area contributed by atoms with Gasteiger partial charge < -0.3 is 24.5 Å². The van der Waals surface area contributed by atoms with Crippen LogP contribution in [-0.4, -0.2) is 90.3 Å². The Balaban J connectivity index is 1.41. The Morgan fingerprint density at radius 1 is 1.15 bits per heavy atom. The number of aromatic nitrogens is 2. The van der Waals surface area contributed by atoms with E-state index in [4.69, 9.17) is 4.74 Å². The maximum atomic E-state index is 13.1. The van der Waals surface area contributed by atoms with E-state index in [0.717, 1.165) is 23.3 Å². The van der Waals surface area contributed by atoms with E-state index in [1.807, 2.05) is 49.3 Å². The molecule has 174 valence electrons. The number of ether oxygens (including phenoxy) is 1. The number of carbonyl (C=O) groups excluding carboxylic acids is 1. The highest BCUT2D eigenvalue weighted by Crippen LogP contribution is 2.31. The lowest BCUT2D eigenvalue weighted by Crippen LogP contribution is -2.45. The highest BCUT2D eigenvalue weighted by atomic mass is 16.5. The lowest BCUT2D eigenvalue weighted by atomic mass is 10.0. The number of likely N-dealkylation sites (N-methyl/N-ethyl adjacent to an activating group) is 2. The average molecular weight is 450 g/mol. The average Bonchev–Trinajstić information content (AvgIpc) is 3.19. The van der Waals surface area contributed by atoms with E-state index in [1.165, 1.54) is 0 Å². The molecule has 1 aromatic carbocycles. The molecule has 33 heavy (non-hydrogen) atoms. The van der Waals surface area contributed by atoms with Gasteiger partial charge >= 0.3 is 0 Å². The molecule has 1 saturated heterocycles. The zero-order valence-electron chi connectivity index (χ0n) is 19.4. The largest absolute Gasteiger partial charge is 0.492 e. The second-order valence-electron chi connectivity index (χ2n) is 8.94. The summed E-state index contributed by atoms with van der Waals surface area (Å²) in [6, 6.07) is 12.9. The molecule has 3 aromatic rings. The number of β-amino-alcohol motifs (C(OH)–C–C–N with tert-alkyl or cyclic N) is 1. The monoisotopic (exact) mass is 449 g/mol. The van der Waals surface area contributed by atoms with Crippen molar-refractivity contribution in [2.45, 2.75) is 12.0 Å². The third-order valence-corrected chi connectivity index (χ3v) is 5.91. The van der Waals surface area contributed by atoms with Gasteiger partial charge in [-0.25, -0.2) is 0 Å². The van der Waals surface area contributed by atoms with Gasteiger partial charge in [-0.1, -0.05) is 6.07 Å². The summed E-state index contributed by atoms with van der Waals surface area (Å²) in [6.07, 6.45) is 4.08. The molecule has 1 fully saturated rings. The van der Waals surface area contributed by atoms with E-state index < -0.39 is 5.60 Å². The van der Waals surface area contributed by atoms with E-state index in [9.17, 15) is 9.90 Å². The smallest absolute Gasteiger partial charge is 0.253 e. The molecule has 1 N–H and O–H groups in total. The first kappa shape index (κ1) is 22.9. The molecule has 0 bridgehead atoms. The Hall–Kier alpha value is -3.23. The highest BCUT2D eigenvalue weighted by Gasteiger charge is 2.38. The van der Waals surface area contributed by atoms with Crippen LogP contribution >= 0.6 is 0 Å². The highest BCUT2D eigenvalue weighted by molar-refractivity contribution is 5.94. The van der Waals surface area contributed by atoms with E-state index in [2.05, 4.69) is 14.9 Å². The van der Waals surface area contributed by atoms with Crippen molar-refractivity contribution in [3.63, 3.8) is 0 Å². The van der Waals surface area contributed by atoms with Crippen molar-refractivity contribution < 1.29 is 14.6 Å². The lowest BCUT2D eigenvalue weighted by Gasteiger charge is -2.29. The van der Waals surface area contributed by atoms with Crippen molar-refractivity contribution in [3.8, 4) is 5.75 Å². The molecule has 1 aliphatic rings. The first-order valence-electron chi connectivity index (χ1n) is 11.1. The van der Waals surface area contributed by atoms with Crippen LogP contribution in [0, 0.1) is 0 Å².